The van der Waals surface area contributed by atoms with E-state index in [1.165, 1.54) is 24.6 Å². The number of rotatable bonds is 6. The van der Waals surface area contributed by atoms with Crippen molar-refractivity contribution in [1.82, 2.24) is 4.98 Å². The Labute approximate surface area is 97.4 Å². The predicted octanol–water partition coefficient (Wildman–Crippen LogP) is 2.09. The molecule has 0 saturated carbocycles. The molecule has 0 spiro atoms. The van der Waals surface area contributed by atoms with Crippen LogP contribution in [0.2, 0.25) is 0 Å². The molecule has 84 valence electrons. The lowest BCUT2D eigenvalue weighted by Crippen LogP contribution is -2.01. The highest BCUT2D eigenvalue weighted by molar-refractivity contribution is 7.98. The maximum Gasteiger partial charge on any atom is 0.349 e. The van der Waals surface area contributed by atoms with Gasteiger partial charge >= 0.3 is 5.97 Å². The highest BCUT2D eigenvalue weighted by Gasteiger charge is 2.09. The minimum atomic E-state index is -0.329. The van der Waals surface area contributed by atoms with E-state index in [2.05, 4.69) is 21.3 Å². The summed E-state index contributed by atoms with van der Waals surface area (Å²) in [7, 11) is 1.37. The summed E-state index contributed by atoms with van der Waals surface area (Å²) in [6.45, 7) is 0.884. The van der Waals surface area contributed by atoms with Gasteiger partial charge in [0.05, 0.1) is 13.3 Å². The molecule has 1 heterocycles. The number of methoxy groups -OCH3 is 1. The molecule has 0 radical (unpaired) electrons. The van der Waals surface area contributed by atoms with Crippen molar-refractivity contribution in [2.24, 2.45) is 0 Å². The van der Waals surface area contributed by atoms with Crippen LogP contribution in [-0.2, 0) is 4.74 Å². The van der Waals surface area contributed by atoms with E-state index < -0.39 is 0 Å². The van der Waals surface area contributed by atoms with Crippen LogP contribution in [0.3, 0.4) is 0 Å². The van der Waals surface area contributed by atoms with E-state index in [1.807, 2.05) is 11.8 Å². The quantitative estimate of drug-likeness (QED) is 0.615. The number of anilines is 1. The minimum Gasteiger partial charge on any atom is -0.465 e. The first-order valence-electron chi connectivity index (χ1n) is 4.55. The van der Waals surface area contributed by atoms with E-state index in [4.69, 9.17) is 0 Å². The first-order chi connectivity index (χ1) is 7.27. The van der Waals surface area contributed by atoms with Crippen molar-refractivity contribution in [1.29, 1.82) is 0 Å². The van der Waals surface area contributed by atoms with Crippen LogP contribution < -0.4 is 5.32 Å². The standard InChI is InChI=1S/C9H14N2O2S2/c1-13-8(12)7-6-11-9(15-7)10-4-3-5-14-2/h6H,3-5H2,1-2H3,(H,10,11). The van der Waals surface area contributed by atoms with Crippen LogP contribution in [0.25, 0.3) is 0 Å². The van der Waals surface area contributed by atoms with E-state index in [-0.39, 0.29) is 5.97 Å². The Kier molecular flexibility index (Phi) is 5.49. The van der Waals surface area contributed by atoms with E-state index in [0.29, 0.717) is 4.88 Å². The van der Waals surface area contributed by atoms with Gasteiger partial charge in [-0.3, -0.25) is 0 Å². The van der Waals surface area contributed by atoms with Crippen LogP contribution in [0.15, 0.2) is 6.20 Å². The van der Waals surface area contributed by atoms with Gasteiger partial charge in [0.15, 0.2) is 5.13 Å². The number of ether oxygens (including phenoxy) is 1. The van der Waals surface area contributed by atoms with Gasteiger partial charge in [-0.05, 0) is 18.4 Å². The van der Waals surface area contributed by atoms with Crippen LogP contribution >= 0.6 is 23.1 Å². The summed E-state index contributed by atoms with van der Waals surface area (Å²) >= 11 is 3.14. The molecule has 0 aliphatic heterocycles. The average Bonchev–Trinajstić information content (AvgIpc) is 2.72. The normalized spacial score (nSPS) is 10.0. The first-order valence-corrected chi connectivity index (χ1v) is 6.76. The smallest absolute Gasteiger partial charge is 0.349 e. The fourth-order valence-electron chi connectivity index (χ4n) is 0.963. The first kappa shape index (κ1) is 12.3. The molecule has 0 bridgehead atoms. The third-order valence-corrected chi connectivity index (χ3v) is 3.33. The van der Waals surface area contributed by atoms with Crippen LogP contribution in [0.1, 0.15) is 16.1 Å². The van der Waals surface area contributed by atoms with E-state index in [9.17, 15) is 4.79 Å². The summed E-state index contributed by atoms with van der Waals surface area (Å²) in [5.41, 5.74) is 0. The molecule has 0 aromatic carbocycles. The molecule has 0 aliphatic carbocycles. The fraction of sp³-hybridized carbons (Fsp3) is 0.556. The van der Waals surface area contributed by atoms with Crippen LogP contribution in [-0.4, -0.2) is 36.6 Å². The van der Waals surface area contributed by atoms with Gasteiger partial charge < -0.3 is 10.1 Å². The summed E-state index contributed by atoms with van der Waals surface area (Å²) < 4.78 is 4.59. The van der Waals surface area contributed by atoms with Crippen LogP contribution in [0.5, 0.6) is 0 Å². The second kappa shape index (κ2) is 6.68. The summed E-state index contributed by atoms with van der Waals surface area (Å²) in [4.78, 5) is 15.7. The number of aromatic nitrogens is 1. The zero-order valence-electron chi connectivity index (χ0n) is 8.78. The van der Waals surface area contributed by atoms with Crippen molar-refractivity contribution >= 4 is 34.2 Å². The molecule has 0 unspecified atom stereocenters. The Balaban J connectivity index is 2.36. The monoisotopic (exact) mass is 246 g/mol. The molecule has 1 aromatic rings. The Morgan fingerprint density at radius 2 is 2.53 bits per heavy atom. The lowest BCUT2D eigenvalue weighted by Gasteiger charge is -1.99. The Morgan fingerprint density at radius 1 is 1.73 bits per heavy atom. The molecule has 1 N–H and O–H groups in total. The molecule has 4 nitrogen and oxygen atoms in total. The van der Waals surface area contributed by atoms with E-state index in [0.717, 1.165) is 23.8 Å². The number of hydrogen-bond donors (Lipinski definition) is 1. The number of thiazole rings is 1. The molecule has 0 amide bonds. The second-order valence-electron chi connectivity index (χ2n) is 2.79. The zero-order valence-corrected chi connectivity index (χ0v) is 10.4. The van der Waals surface area contributed by atoms with Crippen molar-refractivity contribution < 1.29 is 9.53 Å². The number of nitrogens with one attached hydrogen (secondary N) is 1. The van der Waals surface area contributed by atoms with Crippen molar-refractivity contribution in [2.75, 3.05) is 31.0 Å². The van der Waals surface area contributed by atoms with Crippen molar-refractivity contribution in [2.45, 2.75) is 6.42 Å². The van der Waals surface area contributed by atoms with Gasteiger partial charge in [-0.25, -0.2) is 9.78 Å². The molecule has 0 fully saturated rings. The molecular weight excluding hydrogens is 232 g/mol. The molecule has 1 rings (SSSR count). The van der Waals surface area contributed by atoms with Crippen molar-refractivity contribution in [3.05, 3.63) is 11.1 Å². The summed E-state index contributed by atoms with van der Waals surface area (Å²) in [5.74, 6) is 0.798. The lowest BCUT2D eigenvalue weighted by molar-refractivity contribution is 0.0606. The number of carbonyl (C=O) groups is 1. The van der Waals surface area contributed by atoms with Crippen molar-refractivity contribution in [3.8, 4) is 0 Å². The third-order valence-electron chi connectivity index (χ3n) is 1.69. The Bertz CT molecular complexity index is 315. The topological polar surface area (TPSA) is 51.2 Å². The SMILES string of the molecule is COC(=O)c1cnc(NCCCSC)s1. The van der Waals surface area contributed by atoms with E-state index in [1.54, 1.807) is 0 Å². The van der Waals surface area contributed by atoms with Gasteiger partial charge in [-0.1, -0.05) is 11.3 Å². The number of esters is 1. The maximum atomic E-state index is 11.1. The van der Waals surface area contributed by atoms with Crippen LogP contribution in [0.4, 0.5) is 5.13 Å². The zero-order chi connectivity index (χ0) is 11.1. The average molecular weight is 246 g/mol. The van der Waals surface area contributed by atoms with Gasteiger partial charge in [0.2, 0.25) is 0 Å². The second-order valence-corrected chi connectivity index (χ2v) is 4.81. The van der Waals surface area contributed by atoms with Crippen LogP contribution in [0, 0.1) is 0 Å². The molecule has 6 heteroatoms. The van der Waals surface area contributed by atoms with Gasteiger partial charge in [-0.15, -0.1) is 0 Å². The van der Waals surface area contributed by atoms with Gasteiger partial charge in [0, 0.05) is 6.54 Å². The molecule has 0 atom stereocenters. The minimum absolute atomic E-state index is 0.329. The lowest BCUT2D eigenvalue weighted by atomic mass is 10.5. The van der Waals surface area contributed by atoms with Gasteiger partial charge in [0.1, 0.15) is 4.88 Å². The van der Waals surface area contributed by atoms with Gasteiger partial charge in [0.25, 0.3) is 0 Å². The van der Waals surface area contributed by atoms with Gasteiger partial charge in [-0.2, -0.15) is 11.8 Å². The Hall–Kier alpha value is -0.750. The van der Waals surface area contributed by atoms with E-state index >= 15 is 0 Å². The third kappa shape index (κ3) is 4.09. The number of carbonyl (C=O) groups excluding carboxylic acids is 1. The van der Waals surface area contributed by atoms with Crippen molar-refractivity contribution in [3.63, 3.8) is 0 Å². The highest BCUT2D eigenvalue weighted by atomic mass is 32.2. The summed E-state index contributed by atoms with van der Waals surface area (Å²) in [6.07, 6.45) is 4.71. The molecule has 0 aliphatic rings. The molecular formula is C9H14N2O2S2. The number of hydrogen-bond acceptors (Lipinski definition) is 6. The molecule has 15 heavy (non-hydrogen) atoms. The summed E-state index contributed by atoms with van der Waals surface area (Å²) in [6, 6.07) is 0. The highest BCUT2D eigenvalue weighted by Crippen LogP contribution is 2.18. The number of thioether (sulfide) groups is 1. The summed E-state index contributed by atoms with van der Waals surface area (Å²) in [5, 5.41) is 3.94. The Morgan fingerprint density at radius 3 is 3.20 bits per heavy atom. The maximum absolute atomic E-state index is 11.1. The fourth-order valence-corrected chi connectivity index (χ4v) is 2.16. The molecule has 1 aromatic heterocycles. The molecule has 0 saturated heterocycles. The predicted molar refractivity (Wildman–Crippen MR) is 64.9 cm³/mol. The number of nitrogens with zero attached hydrogens (tertiary/aromatic N) is 1. The largest absolute Gasteiger partial charge is 0.465 e.